The van der Waals surface area contributed by atoms with Crippen molar-refractivity contribution in [1.29, 1.82) is 0 Å². The molecule has 1 aliphatic rings. The second-order valence-electron chi connectivity index (χ2n) is 5.21. The number of aromatic nitrogens is 2. The number of anilines is 1. The molecule has 6 nitrogen and oxygen atoms in total. The summed E-state index contributed by atoms with van der Waals surface area (Å²) >= 11 is 0. The maximum atomic E-state index is 12.9. The molecule has 0 fully saturated rings. The van der Waals surface area contributed by atoms with Gasteiger partial charge in [-0.15, -0.1) is 0 Å². The number of benzene rings is 1. The average Bonchev–Trinajstić information content (AvgIpc) is 3.02. The van der Waals surface area contributed by atoms with Crippen LogP contribution in [0.2, 0.25) is 0 Å². The van der Waals surface area contributed by atoms with Crippen molar-refractivity contribution in [2.75, 3.05) is 10.8 Å². The summed E-state index contributed by atoms with van der Waals surface area (Å²) in [4.78, 5) is 0.208. The fraction of sp³-hybridized carbons (Fsp3) is 0.357. The van der Waals surface area contributed by atoms with Gasteiger partial charge in [-0.3, -0.25) is 8.99 Å². The van der Waals surface area contributed by atoms with E-state index in [1.165, 1.54) is 16.7 Å². The molecule has 0 spiro atoms. The Balaban J connectivity index is 2.01. The molecule has 2 aromatic rings. The van der Waals surface area contributed by atoms with Crippen LogP contribution in [0.4, 0.5) is 5.69 Å². The molecule has 1 atom stereocenters. The Hall–Kier alpha value is -1.86. The number of rotatable bonds is 4. The molecule has 2 heterocycles. The van der Waals surface area contributed by atoms with Crippen LogP contribution in [0.3, 0.4) is 0 Å². The lowest BCUT2D eigenvalue weighted by Gasteiger charge is -2.23. The molecule has 21 heavy (non-hydrogen) atoms. The predicted octanol–water partition coefficient (Wildman–Crippen LogP) is 0.982. The Morgan fingerprint density at radius 1 is 1.38 bits per heavy atom. The molecular weight excluding hydrogens is 288 g/mol. The van der Waals surface area contributed by atoms with Gasteiger partial charge in [-0.2, -0.15) is 5.10 Å². The van der Waals surface area contributed by atoms with Gasteiger partial charge in [-0.1, -0.05) is 18.2 Å². The zero-order chi connectivity index (χ0) is 15.0. The number of hydrogen-bond acceptors (Lipinski definition) is 4. The molecule has 0 saturated heterocycles. The first kappa shape index (κ1) is 14.1. The molecule has 0 aliphatic carbocycles. The zero-order valence-electron chi connectivity index (χ0n) is 11.8. The summed E-state index contributed by atoms with van der Waals surface area (Å²) in [5.41, 5.74) is 7.28. The fourth-order valence-corrected chi connectivity index (χ4v) is 4.40. The second-order valence-corrected chi connectivity index (χ2v) is 7.03. The molecule has 0 amide bonds. The largest absolute Gasteiger partial charge is 0.329 e. The van der Waals surface area contributed by atoms with Crippen LogP contribution < -0.4 is 10.0 Å². The van der Waals surface area contributed by atoms with Crippen LogP contribution in [0.1, 0.15) is 12.5 Å². The van der Waals surface area contributed by atoms with E-state index in [9.17, 15) is 8.42 Å². The van der Waals surface area contributed by atoms with Crippen molar-refractivity contribution in [2.45, 2.75) is 30.8 Å². The van der Waals surface area contributed by atoms with Crippen molar-refractivity contribution < 1.29 is 8.42 Å². The van der Waals surface area contributed by atoms with Crippen molar-refractivity contribution in [2.24, 2.45) is 5.73 Å². The van der Waals surface area contributed by atoms with Crippen LogP contribution in [0.15, 0.2) is 41.6 Å². The van der Waals surface area contributed by atoms with E-state index in [2.05, 4.69) is 5.10 Å². The summed E-state index contributed by atoms with van der Waals surface area (Å²) in [7, 11) is -3.59. The Labute approximate surface area is 124 Å². The third kappa shape index (κ3) is 2.32. The lowest BCUT2D eigenvalue weighted by molar-refractivity contribution is 0.583. The highest BCUT2D eigenvalue weighted by molar-refractivity contribution is 7.92. The van der Waals surface area contributed by atoms with E-state index in [0.29, 0.717) is 13.1 Å². The van der Waals surface area contributed by atoms with Gasteiger partial charge in [0.25, 0.3) is 10.0 Å². The molecular formula is C14H18N4O2S. The van der Waals surface area contributed by atoms with Gasteiger partial charge in [0.05, 0.1) is 18.4 Å². The maximum Gasteiger partial charge on any atom is 0.267 e. The molecule has 7 heteroatoms. The topological polar surface area (TPSA) is 81.2 Å². The summed E-state index contributed by atoms with van der Waals surface area (Å²) in [6.45, 7) is 2.84. The summed E-state index contributed by atoms with van der Waals surface area (Å²) in [6, 6.07) is 7.52. The molecule has 1 aromatic carbocycles. The lowest BCUT2D eigenvalue weighted by atomic mass is 10.1. The smallest absolute Gasteiger partial charge is 0.267 e. The molecule has 1 unspecified atom stereocenters. The number of fused-ring (bicyclic) bond motifs is 1. The van der Waals surface area contributed by atoms with E-state index >= 15 is 0 Å². The van der Waals surface area contributed by atoms with E-state index in [1.54, 1.807) is 4.68 Å². The molecule has 1 aromatic heterocycles. The number of para-hydroxylation sites is 1. The zero-order valence-corrected chi connectivity index (χ0v) is 12.6. The van der Waals surface area contributed by atoms with E-state index < -0.39 is 10.0 Å². The van der Waals surface area contributed by atoms with Gasteiger partial charge in [0.1, 0.15) is 4.90 Å². The Bertz CT molecular complexity index is 754. The highest BCUT2D eigenvalue weighted by Crippen LogP contribution is 2.36. The highest BCUT2D eigenvalue weighted by atomic mass is 32.2. The Morgan fingerprint density at radius 2 is 2.14 bits per heavy atom. The van der Waals surface area contributed by atoms with Crippen LogP contribution in [0.5, 0.6) is 0 Å². The third-order valence-electron chi connectivity index (χ3n) is 3.67. The summed E-state index contributed by atoms with van der Waals surface area (Å²) in [5.74, 6) is 0. The summed E-state index contributed by atoms with van der Waals surface area (Å²) in [5, 5.41) is 4.06. The van der Waals surface area contributed by atoms with Crippen molar-refractivity contribution >= 4 is 15.7 Å². The first-order chi connectivity index (χ1) is 10.0. The molecule has 0 radical (unpaired) electrons. The lowest BCUT2D eigenvalue weighted by Crippen LogP contribution is -2.35. The van der Waals surface area contributed by atoms with Crippen LogP contribution in [-0.2, 0) is 23.0 Å². The van der Waals surface area contributed by atoms with Crippen LogP contribution in [0.25, 0.3) is 0 Å². The van der Waals surface area contributed by atoms with Gasteiger partial charge in [0, 0.05) is 18.8 Å². The molecule has 2 N–H and O–H groups in total. The SMILES string of the molecule is CC1Cc2ccccc2N1S(=O)(=O)c1cnn(CCN)c1. The standard InChI is InChI=1S/C14H18N4O2S/c1-11-8-12-4-2-3-5-14(12)18(11)21(19,20)13-9-16-17(10-13)7-6-15/h2-5,9-11H,6-8,15H2,1H3. The summed E-state index contributed by atoms with van der Waals surface area (Å²) in [6.07, 6.45) is 3.65. The van der Waals surface area contributed by atoms with Gasteiger partial charge < -0.3 is 5.73 Å². The van der Waals surface area contributed by atoms with Gasteiger partial charge in [0.15, 0.2) is 0 Å². The Kier molecular flexibility index (Phi) is 3.46. The van der Waals surface area contributed by atoms with E-state index in [0.717, 1.165) is 17.7 Å². The van der Waals surface area contributed by atoms with Crippen molar-refractivity contribution in [3.05, 3.63) is 42.2 Å². The molecule has 112 valence electrons. The third-order valence-corrected chi connectivity index (χ3v) is 5.55. The maximum absolute atomic E-state index is 12.9. The van der Waals surface area contributed by atoms with Crippen LogP contribution >= 0.6 is 0 Å². The van der Waals surface area contributed by atoms with Gasteiger partial charge in [0.2, 0.25) is 0 Å². The number of nitrogens with two attached hydrogens (primary N) is 1. The summed E-state index contributed by atoms with van der Waals surface area (Å²) < 4.78 is 28.8. The first-order valence-corrected chi connectivity index (χ1v) is 8.33. The van der Waals surface area contributed by atoms with Gasteiger partial charge >= 0.3 is 0 Å². The van der Waals surface area contributed by atoms with Crippen molar-refractivity contribution in [3.8, 4) is 0 Å². The molecule has 1 aliphatic heterocycles. The minimum Gasteiger partial charge on any atom is -0.329 e. The second kappa shape index (κ2) is 5.16. The molecule has 3 rings (SSSR count). The number of sulfonamides is 1. The average molecular weight is 306 g/mol. The van der Waals surface area contributed by atoms with Gasteiger partial charge in [-0.05, 0) is 25.0 Å². The van der Waals surface area contributed by atoms with Crippen LogP contribution in [0, 0.1) is 0 Å². The quantitative estimate of drug-likeness (QED) is 0.913. The van der Waals surface area contributed by atoms with E-state index in [1.807, 2.05) is 31.2 Å². The predicted molar refractivity (Wildman–Crippen MR) is 80.6 cm³/mol. The van der Waals surface area contributed by atoms with E-state index in [-0.39, 0.29) is 10.9 Å². The van der Waals surface area contributed by atoms with Crippen LogP contribution in [-0.4, -0.2) is 30.8 Å². The van der Waals surface area contributed by atoms with Gasteiger partial charge in [-0.25, -0.2) is 8.42 Å². The minimum atomic E-state index is -3.59. The van der Waals surface area contributed by atoms with Crippen molar-refractivity contribution in [1.82, 2.24) is 9.78 Å². The van der Waals surface area contributed by atoms with Crippen molar-refractivity contribution in [3.63, 3.8) is 0 Å². The first-order valence-electron chi connectivity index (χ1n) is 6.89. The Morgan fingerprint density at radius 3 is 2.90 bits per heavy atom. The normalized spacial score (nSPS) is 18.0. The molecule has 0 bridgehead atoms. The van der Waals surface area contributed by atoms with E-state index in [4.69, 9.17) is 5.73 Å². The number of nitrogens with zero attached hydrogens (tertiary/aromatic N) is 3. The molecule has 0 saturated carbocycles. The fourth-order valence-electron chi connectivity index (χ4n) is 2.75. The number of hydrogen-bond donors (Lipinski definition) is 1. The monoisotopic (exact) mass is 306 g/mol. The minimum absolute atomic E-state index is 0.0924. The highest BCUT2D eigenvalue weighted by Gasteiger charge is 2.36.